The lowest BCUT2D eigenvalue weighted by Crippen LogP contribution is -2.59. The van der Waals surface area contributed by atoms with Gasteiger partial charge in [0.2, 0.25) is 0 Å². The maximum atomic E-state index is 11.3. The number of carboxylic acids is 1. The van der Waals surface area contributed by atoms with Crippen LogP contribution in [0.2, 0.25) is 0 Å². The standard InChI is InChI=1S/C8H15N3O4/c9-3-5(12)8(11,6(13)4-10)2-1-7(14)15/h1-4,9-11H2,(H,14,15). The highest BCUT2D eigenvalue weighted by atomic mass is 16.4. The van der Waals surface area contributed by atoms with Crippen molar-refractivity contribution in [3.8, 4) is 0 Å². The molecule has 0 aromatic heterocycles. The van der Waals surface area contributed by atoms with Crippen LogP contribution < -0.4 is 17.2 Å². The second-order valence-corrected chi connectivity index (χ2v) is 3.12. The molecule has 0 aliphatic rings. The van der Waals surface area contributed by atoms with Crippen molar-refractivity contribution in [2.24, 2.45) is 17.2 Å². The van der Waals surface area contributed by atoms with Crippen LogP contribution in [0, 0.1) is 0 Å². The number of rotatable bonds is 7. The van der Waals surface area contributed by atoms with Crippen LogP contribution >= 0.6 is 0 Å². The van der Waals surface area contributed by atoms with Gasteiger partial charge in [0.05, 0.1) is 13.1 Å². The van der Waals surface area contributed by atoms with Crippen LogP contribution in [0.25, 0.3) is 0 Å². The van der Waals surface area contributed by atoms with Crippen molar-refractivity contribution in [3.63, 3.8) is 0 Å². The lowest BCUT2D eigenvalue weighted by Gasteiger charge is -2.24. The Balaban J connectivity index is 4.77. The van der Waals surface area contributed by atoms with Crippen molar-refractivity contribution in [2.75, 3.05) is 13.1 Å². The minimum Gasteiger partial charge on any atom is -0.481 e. The monoisotopic (exact) mass is 217 g/mol. The van der Waals surface area contributed by atoms with E-state index < -0.39 is 36.2 Å². The zero-order valence-electron chi connectivity index (χ0n) is 8.23. The zero-order chi connectivity index (χ0) is 12.1. The normalized spacial score (nSPS) is 11.1. The molecule has 15 heavy (non-hydrogen) atoms. The molecule has 0 saturated heterocycles. The van der Waals surface area contributed by atoms with Crippen LogP contribution in [0.1, 0.15) is 12.8 Å². The Bertz CT molecular complexity index is 261. The van der Waals surface area contributed by atoms with Crippen LogP contribution in [0.3, 0.4) is 0 Å². The Hall–Kier alpha value is -1.31. The van der Waals surface area contributed by atoms with Gasteiger partial charge in [0, 0.05) is 6.42 Å². The van der Waals surface area contributed by atoms with Crippen LogP contribution in [-0.4, -0.2) is 41.3 Å². The molecule has 0 unspecified atom stereocenters. The van der Waals surface area contributed by atoms with E-state index in [1.807, 2.05) is 0 Å². The summed E-state index contributed by atoms with van der Waals surface area (Å²) < 4.78 is 0. The van der Waals surface area contributed by atoms with E-state index in [2.05, 4.69) is 0 Å². The molecule has 7 nitrogen and oxygen atoms in total. The van der Waals surface area contributed by atoms with Crippen molar-refractivity contribution in [3.05, 3.63) is 0 Å². The largest absolute Gasteiger partial charge is 0.481 e. The minimum atomic E-state index is -1.86. The van der Waals surface area contributed by atoms with E-state index in [-0.39, 0.29) is 12.8 Å². The molecule has 0 fully saturated rings. The van der Waals surface area contributed by atoms with Crippen molar-refractivity contribution in [1.82, 2.24) is 0 Å². The molecule has 86 valence electrons. The lowest BCUT2D eigenvalue weighted by molar-refractivity contribution is -0.138. The predicted octanol–water partition coefficient (Wildman–Crippen LogP) is -2.40. The van der Waals surface area contributed by atoms with E-state index >= 15 is 0 Å². The Morgan fingerprint density at radius 3 is 1.73 bits per heavy atom. The Labute approximate surface area is 86.6 Å². The van der Waals surface area contributed by atoms with Crippen molar-refractivity contribution in [1.29, 1.82) is 0 Å². The maximum absolute atomic E-state index is 11.3. The van der Waals surface area contributed by atoms with Crippen LogP contribution in [0.5, 0.6) is 0 Å². The fourth-order valence-corrected chi connectivity index (χ4v) is 1.10. The zero-order valence-corrected chi connectivity index (χ0v) is 8.23. The summed E-state index contributed by atoms with van der Waals surface area (Å²) in [5.41, 5.74) is 13.8. The van der Waals surface area contributed by atoms with Gasteiger partial charge in [-0.1, -0.05) is 0 Å². The smallest absolute Gasteiger partial charge is 0.303 e. The topological polar surface area (TPSA) is 150 Å². The molecule has 0 atom stereocenters. The molecule has 0 radical (unpaired) electrons. The number of ketones is 2. The van der Waals surface area contributed by atoms with Gasteiger partial charge in [0.25, 0.3) is 0 Å². The predicted molar refractivity (Wildman–Crippen MR) is 51.9 cm³/mol. The summed E-state index contributed by atoms with van der Waals surface area (Å²) in [5.74, 6) is -2.53. The van der Waals surface area contributed by atoms with E-state index in [1.165, 1.54) is 0 Å². The number of Topliss-reactive ketones (excluding diaryl/α,β-unsaturated/α-hetero) is 2. The van der Waals surface area contributed by atoms with E-state index in [1.54, 1.807) is 0 Å². The number of hydrogen-bond acceptors (Lipinski definition) is 6. The highest BCUT2D eigenvalue weighted by Gasteiger charge is 2.39. The maximum Gasteiger partial charge on any atom is 0.303 e. The molecule has 0 amide bonds. The van der Waals surface area contributed by atoms with Gasteiger partial charge < -0.3 is 22.3 Å². The number of carboxylic acid groups (broad SMARTS) is 1. The van der Waals surface area contributed by atoms with Crippen molar-refractivity contribution in [2.45, 2.75) is 18.4 Å². The van der Waals surface area contributed by atoms with Crippen LogP contribution in [0.15, 0.2) is 0 Å². The van der Waals surface area contributed by atoms with Gasteiger partial charge in [-0.3, -0.25) is 14.4 Å². The fraction of sp³-hybridized carbons (Fsp3) is 0.625. The summed E-state index contributed by atoms with van der Waals surface area (Å²) >= 11 is 0. The lowest BCUT2D eigenvalue weighted by atomic mass is 9.85. The summed E-state index contributed by atoms with van der Waals surface area (Å²) in [6, 6.07) is 0. The van der Waals surface area contributed by atoms with E-state index in [4.69, 9.17) is 22.3 Å². The van der Waals surface area contributed by atoms with Gasteiger partial charge in [-0.2, -0.15) is 0 Å². The van der Waals surface area contributed by atoms with Gasteiger partial charge in [0.15, 0.2) is 11.6 Å². The second-order valence-electron chi connectivity index (χ2n) is 3.12. The molecule has 0 heterocycles. The highest BCUT2D eigenvalue weighted by Crippen LogP contribution is 2.12. The summed E-state index contributed by atoms with van der Waals surface area (Å²) in [6.07, 6.45) is -0.664. The number of aliphatic carboxylic acids is 1. The number of carbonyl (C=O) groups is 3. The van der Waals surface area contributed by atoms with E-state index in [9.17, 15) is 14.4 Å². The first-order valence-corrected chi connectivity index (χ1v) is 4.36. The third kappa shape index (κ3) is 3.39. The molecule has 0 aromatic carbocycles. The molecular formula is C8H15N3O4. The van der Waals surface area contributed by atoms with E-state index in [0.717, 1.165) is 0 Å². The Morgan fingerprint density at radius 2 is 1.47 bits per heavy atom. The third-order valence-electron chi connectivity index (χ3n) is 2.10. The molecule has 0 rings (SSSR count). The molecule has 0 spiro atoms. The Kier molecular flexibility index (Phi) is 5.06. The summed E-state index contributed by atoms with van der Waals surface area (Å²) in [7, 11) is 0. The average molecular weight is 217 g/mol. The molecule has 0 bridgehead atoms. The van der Waals surface area contributed by atoms with E-state index in [0.29, 0.717) is 0 Å². The number of carbonyl (C=O) groups excluding carboxylic acids is 2. The van der Waals surface area contributed by atoms with Crippen LogP contribution in [-0.2, 0) is 14.4 Å². The summed E-state index contributed by atoms with van der Waals surface area (Å²) in [4.78, 5) is 33.0. The number of nitrogens with two attached hydrogens (primary N) is 3. The molecule has 0 aliphatic carbocycles. The van der Waals surface area contributed by atoms with Crippen molar-refractivity contribution >= 4 is 17.5 Å². The van der Waals surface area contributed by atoms with Gasteiger partial charge >= 0.3 is 5.97 Å². The van der Waals surface area contributed by atoms with Gasteiger partial charge in [-0.05, 0) is 6.42 Å². The molecule has 0 saturated carbocycles. The molecule has 7 N–H and O–H groups in total. The van der Waals surface area contributed by atoms with Gasteiger partial charge in [-0.25, -0.2) is 0 Å². The third-order valence-corrected chi connectivity index (χ3v) is 2.10. The average Bonchev–Trinajstić information content (AvgIpc) is 2.23. The molecular weight excluding hydrogens is 202 g/mol. The quantitative estimate of drug-likeness (QED) is 0.347. The molecule has 0 aromatic rings. The van der Waals surface area contributed by atoms with Crippen molar-refractivity contribution < 1.29 is 19.5 Å². The molecule has 0 aliphatic heterocycles. The second kappa shape index (κ2) is 5.54. The first kappa shape index (κ1) is 13.7. The van der Waals surface area contributed by atoms with Gasteiger partial charge in [0.1, 0.15) is 5.54 Å². The first-order valence-electron chi connectivity index (χ1n) is 4.36. The van der Waals surface area contributed by atoms with Crippen LogP contribution in [0.4, 0.5) is 0 Å². The van der Waals surface area contributed by atoms with Gasteiger partial charge in [-0.15, -0.1) is 0 Å². The highest BCUT2D eigenvalue weighted by molar-refractivity contribution is 6.12. The Morgan fingerprint density at radius 1 is 1.07 bits per heavy atom. The first-order chi connectivity index (χ1) is 6.88. The SMILES string of the molecule is NCC(=O)C(N)(CCC(=O)O)C(=O)CN. The fourth-order valence-electron chi connectivity index (χ4n) is 1.10. The molecule has 7 heteroatoms. The summed E-state index contributed by atoms with van der Waals surface area (Å²) in [5, 5.41) is 8.45. The summed E-state index contributed by atoms with van der Waals surface area (Å²) in [6.45, 7) is -0.830. The number of hydrogen-bond donors (Lipinski definition) is 4. The minimum absolute atomic E-state index is 0.283.